The summed E-state index contributed by atoms with van der Waals surface area (Å²) in [6, 6.07) is 4.54. The Morgan fingerprint density at radius 3 is 2.80 bits per heavy atom. The molecule has 1 atom stereocenters. The fraction of sp³-hybridized carbons (Fsp3) is 0.364. The van der Waals surface area contributed by atoms with Crippen molar-refractivity contribution in [3.8, 4) is 5.75 Å². The lowest BCUT2D eigenvalue weighted by Gasteiger charge is -2.10. The normalized spacial score (nSPS) is 12.2. The summed E-state index contributed by atoms with van der Waals surface area (Å²) in [7, 11) is 0. The average molecular weight is 208 g/mol. The number of nitrogens with two attached hydrogens (primary N) is 1. The van der Waals surface area contributed by atoms with Crippen LogP contribution >= 0.6 is 0 Å². The highest BCUT2D eigenvalue weighted by Gasteiger charge is 2.10. The molecule has 0 spiro atoms. The molecular weight excluding hydrogens is 192 g/mol. The van der Waals surface area contributed by atoms with Gasteiger partial charge in [-0.25, -0.2) is 0 Å². The molecule has 0 unspecified atom stereocenters. The van der Waals surface area contributed by atoms with Crippen LogP contribution in [0.15, 0.2) is 18.2 Å². The molecule has 0 aliphatic heterocycles. The van der Waals surface area contributed by atoms with Crippen molar-refractivity contribution in [1.82, 2.24) is 0 Å². The van der Waals surface area contributed by atoms with Gasteiger partial charge < -0.3 is 16.2 Å². The molecule has 1 rings (SSSR count). The lowest BCUT2D eigenvalue weighted by Crippen LogP contribution is -2.32. The Morgan fingerprint density at radius 1 is 1.60 bits per heavy atom. The summed E-state index contributed by atoms with van der Waals surface area (Å²) in [4.78, 5) is 11.3. The van der Waals surface area contributed by atoms with Crippen molar-refractivity contribution in [2.75, 3.05) is 5.32 Å². The molecule has 1 aromatic rings. The van der Waals surface area contributed by atoms with Gasteiger partial charge in [0.2, 0.25) is 5.91 Å². The molecular formula is C11H16N2O2. The van der Waals surface area contributed by atoms with Crippen LogP contribution in [0.1, 0.15) is 19.4 Å². The van der Waals surface area contributed by atoms with Crippen molar-refractivity contribution in [3.05, 3.63) is 23.8 Å². The number of phenols is 1. The predicted octanol–water partition coefficient (Wildman–Crippen LogP) is 1.24. The molecule has 0 saturated carbocycles. The van der Waals surface area contributed by atoms with Gasteiger partial charge in [-0.05, 0) is 31.0 Å². The van der Waals surface area contributed by atoms with Gasteiger partial charge in [0.05, 0.1) is 11.7 Å². The van der Waals surface area contributed by atoms with Crippen molar-refractivity contribution >= 4 is 11.6 Å². The summed E-state index contributed by atoms with van der Waals surface area (Å²) in [5.74, 6) is -0.250. The van der Waals surface area contributed by atoms with Crippen LogP contribution in [0.2, 0.25) is 0 Å². The third kappa shape index (κ3) is 2.95. The standard InChI is InChI=1S/C11H16N2O2/c1-3-8-4-5-10(14)9(6-8)13-11(15)7(2)12/h4-7,14H,3,12H2,1-2H3,(H,13,15)/t7-/m0/s1. The number of hydrogen-bond donors (Lipinski definition) is 3. The maximum absolute atomic E-state index is 11.3. The smallest absolute Gasteiger partial charge is 0.241 e. The third-order valence-electron chi connectivity index (χ3n) is 2.14. The topological polar surface area (TPSA) is 75.3 Å². The lowest BCUT2D eigenvalue weighted by atomic mass is 10.1. The molecule has 4 N–H and O–H groups in total. The van der Waals surface area contributed by atoms with E-state index in [0.29, 0.717) is 5.69 Å². The quantitative estimate of drug-likeness (QED) is 0.654. The number of carbonyl (C=O) groups excluding carboxylic acids is 1. The molecule has 0 aliphatic rings. The van der Waals surface area contributed by atoms with Crippen molar-refractivity contribution < 1.29 is 9.90 Å². The van der Waals surface area contributed by atoms with Crippen LogP contribution in [0.5, 0.6) is 5.75 Å². The van der Waals surface area contributed by atoms with Crippen LogP contribution in [0.3, 0.4) is 0 Å². The fourth-order valence-corrected chi connectivity index (χ4v) is 1.15. The maximum atomic E-state index is 11.3. The summed E-state index contributed by atoms with van der Waals surface area (Å²) >= 11 is 0. The van der Waals surface area contributed by atoms with Gasteiger partial charge in [0.1, 0.15) is 5.75 Å². The van der Waals surface area contributed by atoms with Gasteiger partial charge in [-0.2, -0.15) is 0 Å². The Hall–Kier alpha value is -1.55. The number of phenolic OH excluding ortho intramolecular Hbond substituents is 1. The second-order valence-corrected chi connectivity index (χ2v) is 3.48. The Kier molecular flexibility index (Phi) is 3.68. The first-order chi connectivity index (χ1) is 7.04. The van der Waals surface area contributed by atoms with Gasteiger partial charge in [0, 0.05) is 0 Å². The van der Waals surface area contributed by atoms with Gasteiger partial charge in [-0.3, -0.25) is 4.79 Å². The van der Waals surface area contributed by atoms with E-state index in [2.05, 4.69) is 5.32 Å². The monoisotopic (exact) mass is 208 g/mol. The number of benzene rings is 1. The summed E-state index contributed by atoms with van der Waals surface area (Å²) < 4.78 is 0. The van der Waals surface area contributed by atoms with Crippen LogP contribution in [-0.4, -0.2) is 17.1 Å². The summed E-state index contributed by atoms with van der Waals surface area (Å²) in [5, 5.41) is 12.1. The highest BCUT2D eigenvalue weighted by molar-refractivity contribution is 5.95. The van der Waals surface area contributed by atoms with E-state index in [-0.39, 0.29) is 11.7 Å². The predicted molar refractivity (Wildman–Crippen MR) is 59.8 cm³/mol. The number of aryl methyl sites for hydroxylation is 1. The molecule has 0 radical (unpaired) electrons. The zero-order valence-electron chi connectivity index (χ0n) is 8.95. The Bertz CT molecular complexity index is 362. The van der Waals surface area contributed by atoms with Gasteiger partial charge in [0.15, 0.2) is 0 Å². The number of anilines is 1. The third-order valence-corrected chi connectivity index (χ3v) is 2.14. The van der Waals surface area contributed by atoms with Gasteiger partial charge in [-0.15, -0.1) is 0 Å². The number of nitrogens with one attached hydrogen (secondary N) is 1. The van der Waals surface area contributed by atoms with Crippen molar-refractivity contribution in [3.63, 3.8) is 0 Å². The molecule has 4 heteroatoms. The number of hydrogen-bond acceptors (Lipinski definition) is 3. The second kappa shape index (κ2) is 4.79. The molecule has 0 saturated heterocycles. The zero-order chi connectivity index (χ0) is 11.4. The molecule has 1 amide bonds. The summed E-state index contributed by atoms with van der Waals surface area (Å²) in [6.45, 7) is 3.60. The number of aromatic hydroxyl groups is 1. The van der Waals surface area contributed by atoms with Gasteiger partial charge in [0.25, 0.3) is 0 Å². The van der Waals surface area contributed by atoms with Crippen molar-refractivity contribution in [2.24, 2.45) is 5.73 Å². The van der Waals surface area contributed by atoms with Gasteiger partial charge in [-0.1, -0.05) is 13.0 Å². The second-order valence-electron chi connectivity index (χ2n) is 3.48. The Balaban J connectivity index is 2.88. The minimum absolute atomic E-state index is 0.0567. The number of amides is 1. The molecule has 1 aromatic carbocycles. The van der Waals surface area contributed by atoms with Crippen LogP contribution in [0, 0.1) is 0 Å². The molecule has 0 aromatic heterocycles. The highest BCUT2D eigenvalue weighted by Crippen LogP contribution is 2.24. The number of rotatable bonds is 3. The molecule has 0 heterocycles. The van der Waals surface area contributed by atoms with E-state index in [4.69, 9.17) is 5.73 Å². The first kappa shape index (κ1) is 11.5. The van der Waals surface area contributed by atoms with Crippen molar-refractivity contribution in [2.45, 2.75) is 26.3 Å². The summed E-state index contributed by atoms with van der Waals surface area (Å²) in [5.41, 5.74) is 6.87. The molecule has 82 valence electrons. The molecule has 0 fully saturated rings. The molecule has 4 nitrogen and oxygen atoms in total. The van der Waals surface area contributed by atoms with E-state index >= 15 is 0 Å². The summed E-state index contributed by atoms with van der Waals surface area (Å²) in [6.07, 6.45) is 0.849. The van der Waals surface area contributed by atoms with Crippen LogP contribution in [0.4, 0.5) is 5.69 Å². The Labute approximate surface area is 89.1 Å². The molecule has 15 heavy (non-hydrogen) atoms. The first-order valence-electron chi connectivity index (χ1n) is 4.93. The van der Waals surface area contributed by atoms with Crippen molar-refractivity contribution in [1.29, 1.82) is 0 Å². The van der Waals surface area contributed by atoms with E-state index in [1.165, 1.54) is 0 Å². The average Bonchev–Trinajstić information content (AvgIpc) is 2.21. The maximum Gasteiger partial charge on any atom is 0.241 e. The SMILES string of the molecule is CCc1ccc(O)c(NC(=O)[C@H](C)N)c1. The minimum Gasteiger partial charge on any atom is -0.506 e. The fourth-order valence-electron chi connectivity index (χ4n) is 1.15. The molecule has 0 bridgehead atoms. The van der Waals surface area contributed by atoms with E-state index in [9.17, 15) is 9.90 Å². The highest BCUT2D eigenvalue weighted by atomic mass is 16.3. The van der Waals surface area contributed by atoms with Gasteiger partial charge >= 0.3 is 0 Å². The largest absolute Gasteiger partial charge is 0.506 e. The van der Waals surface area contributed by atoms with E-state index in [1.54, 1.807) is 19.1 Å². The minimum atomic E-state index is -0.588. The van der Waals surface area contributed by atoms with Crippen LogP contribution in [-0.2, 0) is 11.2 Å². The van der Waals surface area contributed by atoms with E-state index in [0.717, 1.165) is 12.0 Å². The van der Waals surface area contributed by atoms with Crippen LogP contribution in [0.25, 0.3) is 0 Å². The first-order valence-corrected chi connectivity index (χ1v) is 4.93. The lowest BCUT2D eigenvalue weighted by molar-refractivity contribution is -0.117. The zero-order valence-corrected chi connectivity index (χ0v) is 8.95. The van der Waals surface area contributed by atoms with E-state index in [1.807, 2.05) is 13.0 Å². The van der Waals surface area contributed by atoms with E-state index < -0.39 is 6.04 Å². The Morgan fingerprint density at radius 2 is 2.27 bits per heavy atom. The molecule has 0 aliphatic carbocycles. The van der Waals surface area contributed by atoms with Crippen LogP contribution < -0.4 is 11.1 Å². The number of carbonyl (C=O) groups is 1.